The van der Waals surface area contributed by atoms with E-state index in [1.807, 2.05) is 0 Å². The van der Waals surface area contributed by atoms with Crippen LogP contribution in [0.1, 0.15) is 25.1 Å². The average Bonchev–Trinajstić information content (AvgIpc) is 2.66. The fraction of sp³-hybridized carbons (Fsp3) is 0.333. The molecule has 2 heterocycles. The Morgan fingerprint density at radius 3 is 2.61 bits per heavy atom. The minimum Gasteiger partial charge on any atom is -0.220 e. The van der Waals surface area contributed by atoms with Gasteiger partial charge in [-0.25, -0.2) is 9.97 Å². The number of nitriles is 1. The first kappa shape index (κ1) is 12.5. The highest BCUT2D eigenvalue weighted by Gasteiger charge is 2.18. The van der Waals surface area contributed by atoms with Gasteiger partial charge in [0.05, 0.1) is 5.69 Å². The van der Waals surface area contributed by atoms with Crippen molar-refractivity contribution < 1.29 is 0 Å². The second kappa shape index (κ2) is 5.15. The monoisotopic (exact) mass is 261 g/mol. The van der Waals surface area contributed by atoms with Crippen LogP contribution in [0.5, 0.6) is 0 Å². The molecule has 0 bridgehead atoms. The summed E-state index contributed by atoms with van der Waals surface area (Å²) in [6, 6.07) is 3.80. The summed E-state index contributed by atoms with van der Waals surface area (Å²) in [4.78, 5) is 8.15. The highest BCUT2D eigenvalue weighted by Crippen LogP contribution is 2.23. The van der Waals surface area contributed by atoms with Gasteiger partial charge in [-0.1, -0.05) is 25.4 Å². The lowest BCUT2D eigenvalue weighted by molar-refractivity contribution is 0.625. The Morgan fingerprint density at radius 2 is 2.06 bits per heavy atom. The van der Waals surface area contributed by atoms with Crippen LogP contribution in [0.3, 0.4) is 0 Å². The van der Waals surface area contributed by atoms with Crippen LogP contribution < -0.4 is 0 Å². The van der Waals surface area contributed by atoms with Crippen LogP contribution in [0.25, 0.3) is 5.95 Å². The number of halogens is 1. The molecule has 92 valence electrons. The third kappa shape index (κ3) is 2.34. The van der Waals surface area contributed by atoms with Crippen molar-refractivity contribution in [3.8, 4) is 12.0 Å². The van der Waals surface area contributed by atoms with Crippen molar-refractivity contribution in [3.63, 3.8) is 0 Å². The lowest BCUT2D eigenvalue weighted by Crippen LogP contribution is -2.03. The summed E-state index contributed by atoms with van der Waals surface area (Å²) in [7, 11) is 0. The van der Waals surface area contributed by atoms with Crippen LogP contribution in [0.4, 0.5) is 0 Å². The highest BCUT2D eigenvalue weighted by molar-refractivity contribution is 6.31. The smallest absolute Gasteiger partial charge is 0.220 e. The SMILES string of the molecule is CC(C)Cc1nn(-c2ncccn2)c(Cl)c1C#N. The quantitative estimate of drug-likeness (QED) is 0.851. The van der Waals surface area contributed by atoms with Gasteiger partial charge in [0.15, 0.2) is 5.15 Å². The minimum absolute atomic E-state index is 0.263. The van der Waals surface area contributed by atoms with Gasteiger partial charge in [-0.3, -0.25) is 0 Å². The molecule has 5 nitrogen and oxygen atoms in total. The molecule has 6 heteroatoms. The van der Waals surface area contributed by atoms with Crippen LogP contribution in [-0.2, 0) is 6.42 Å². The molecule has 0 spiro atoms. The van der Waals surface area contributed by atoms with Gasteiger partial charge in [-0.15, -0.1) is 0 Å². The van der Waals surface area contributed by atoms with E-state index in [2.05, 4.69) is 35.0 Å². The fourth-order valence-corrected chi connectivity index (χ4v) is 1.88. The first-order valence-corrected chi connectivity index (χ1v) is 5.96. The van der Waals surface area contributed by atoms with E-state index in [0.717, 1.165) is 0 Å². The summed E-state index contributed by atoms with van der Waals surface area (Å²) in [5.74, 6) is 0.766. The maximum atomic E-state index is 9.14. The molecule has 0 radical (unpaired) electrons. The van der Waals surface area contributed by atoms with Crippen LogP contribution in [0.2, 0.25) is 5.15 Å². The number of hydrogen-bond donors (Lipinski definition) is 0. The summed E-state index contributed by atoms with van der Waals surface area (Å²) < 4.78 is 1.40. The van der Waals surface area contributed by atoms with Crippen molar-refractivity contribution in [3.05, 3.63) is 34.9 Å². The topological polar surface area (TPSA) is 67.4 Å². The van der Waals surface area contributed by atoms with Gasteiger partial charge in [0.1, 0.15) is 11.6 Å². The van der Waals surface area contributed by atoms with E-state index in [4.69, 9.17) is 16.9 Å². The van der Waals surface area contributed by atoms with E-state index < -0.39 is 0 Å². The van der Waals surface area contributed by atoms with E-state index in [9.17, 15) is 0 Å². The van der Waals surface area contributed by atoms with Crippen LogP contribution in [0, 0.1) is 17.2 Å². The molecule has 0 unspecified atom stereocenters. The van der Waals surface area contributed by atoms with E-state index in [-0.39, 0.29) is 5.15 Å². The summed E-state index contributed by atoms with van der Waals surface area (Å²) >= 11 is 6.15. The molecular weight excluding hydrogens is 250 g/mol. The standard InChI is InChI=1S/C12H12ClN5/c1-8(2)6-10-9(7-14)11(13)18(17-10)12-15-4-3-5-16-12/h3-5,8H,6H2,1-2H3. The van der Waals surface area contributed by atoms with Gasteiger partial charge >= 0.3 is 0 Å². The lowest BCUT2D eigenvalue weighted by Gasteiger charge is -2.00. The summed E-state index contributed by atoms with van der Waals surface area (Å²) in [6.07, 6.45) is 3.91. The molecule has 0 saturated heterocycles. The summed E-state index contributed by atoms with van der Waals surface area (Å²) in [5.41, 5.74) is 1.09. The zero-order valence-electron chi connectivity index (χ0n) is 10.1. The number of nitrogens with zero attached hydrogens (tertiary/aromatic N) is 5. The largest absolute Gasteiger partial charge is 0.251 e. The van der Waals surface area contributed by atoms with Gasteiger partial charge in [-0.05, 0) is 18.4 Å². The van der Waals surface area contributed by atoms with Crippen molar-refractivity contribution in [2.24, 2.45) is 5.92 Å². The number of aromatic nitrogens is 4. The molecule has 0 aliphatic carbocycles. The lowest BCUT2D eigenvalue weighted by atomic mass is 10.1. The first-order chi connectivity index (χ1) is 8.63. The molecule has 0 aromatic carbocycles. The predicted octanol–water partition coefficient (Wildman–Crippen LogP) is 2.39. The van der Waals surface area contributed by atoms with Gasteiger partial charge in [0.2, 0.25) is 0 Å². The molecule has 0 aliphatic heterocycles. The van der Waals surface area contributed by atoms with Crippen LogP contribution >= 0.6 is 11.6 Å². The summed E-state index contributed by atoms with van der Waals surface area (Å²) in [6.45, 7) is 4.13. The molecule has 0 aliphatic rings. The van der Waals surface area contributed by atoms with Gasteiger partial charge in [0.25, 0.3) is 5.95 Å². The Labute approximate surface area is 110 Å². The molecule has 0 amide bonds. The van der Waals surface area contributed by atoms with Crippen molar-refractivity contribution in [2.45, 2.75) is 20.3 Å². The predicted molar refractivity (Wildman–Crippen MR) is 67.4 cm³/mol. The van der Waals surface area contributed by atoms with E-state index in [1.54, 1.807) is 18.5 Å². The third-order valence-electron chi connectivity index (χ3n) is 2.36. The highest BCUT2D eigenvalue weighted by atomic mass is 35.5. The molecular formula is C12H12ClN5. The third-order valence-corrected chi connectivity index (χ3v) is 2.71. The molecule has 0 saturated carbocycles. The summed E-state index contributed by atoms with van der Waals surface area (Å²) in [5, 5.41) is 13.7. The minimum atomic E-state index is 0.263. The van der Waals surface area contributed by atoms with Crippen LogP contribution in [0.15, 0.2) is 18.5 Å². The van der Waals surface area contributed by atoms with Gasteiger partial charge in [-0.2, -0.15) is 15.0 Å². The zero-order chi connectivity index (χ0) is 13.1. The average molecular weight is 262 g/mol. The normalized spacial score (nSPS) is 10.6. The van der Waals surface area contributed by atoms with Gasteiger partial charge in [0, 0.05) is 12.4 Å². The second-order valence-electron chi connectivity index (χ2n) is 4.28. The maximum Gasteiger partial charge on any atom is 0.251 e. The molecule has 2 aromatic heterocycles. The van der Waals surface area contributed by atoms with E-state index in [0.29, 0.717) is 29.5 Å². The fourth-order valence-electron chi connectivity index (χ4n) is 1.61. The first-order valence-electron chi connectivity index (χ1n) is 5.58. The molecule has 2 aromatic rings. The van der Waals surface area contributed by atoms with Crippen molar-refractivity contribution in [1.82, 2.24) is 19.7 Å². The Bertz CT molecular complexity index is 583. The molecule has 0 fully saturated rings. The Balaban J connectivity index is 2.51. The van der Waals surface area contributed by atoms with Crippen LogP contribution in [-0.4, -0.2) is 19.7 Å². The Morgan fingerprint density at radius 1 is 1.39 bits per heavy atom. The number of rotatable bonds is 3. The number of hydrogen-bond acceptors (Lipinski definition) is 4. The Hall–Kier alpha value is -1.93. The molecule has 0 atom stereocenters. The van der Waals surface area contributed by atoms with E-state index in [1.165, 1.54) is 4.68 Å². The molecule has 18 heavy (non-hydrogen) atoms. The zero-order valence-corrected chi connectivity index (χ0v) is 10.9. The van der Waals surface area contributed by atoms with Crippen molar-refractivity contribution in [2.75, 3.05) is 0 Å². The van der Waals surface area contributed by atoms with Gasteiger partial charge < -0.3 is 0 Å². The van der Waals surface area contributed by atoms with Crippen molar-refractivity contribution >= 4 is 11.6 Å². The maximum absolute atomic E-state index is 9.14. The Kier molecular flexibility index (Phi) is 3.58. The van der Waals surface area contributed by atoms with E-state index >= 15 is 0 Å². The second-order valence-corrected chi connectivity index (χ2v) is 4.64. The molecule has 0 N–H and O–H groups in total. The van der Waals surface area contributed by atoms with Crippen molar-refractivity contribution in [1.29, 1.82) is 5.26 Å². The molecule has 2 rings (SSSR count).